The van der Waals surface area contributed by atoms with Crippen LogP contribution in [0.4, 0.5) is 5.95 Å². The molecule has 0 bridgehead atoms. The van der Waals surface area contributed by atoms with Crippen LogP contribution < -0.4 is 10.2 Å². The minimum absolute atomic E-state index is 0.0153. The van der Waals surface area contributed by atoms with Gasteiger partial charge in [0.05, 0.1) is 5.92 Å². The lowest BCUT2D eigenvalue weighted by molar-refractivity contribution is -0.125. The monoisotopic (exact) mass is 390 g/mol. The van der Waals surface area contributed by atoms with E-state index in [1.54, 1.807) is 0 Å². The van der Waals surface area contributed by atoms with Crippen LogP contribution in [0.1, 0.15) is 44.9 Å². The quantitative estimate of drug-likeness (QED) is 0.744. The zero-order valence-electron chi connectivity index (χ0n) is 17.0. The Morgan fingerprint density at radius 1 is 1.07 bits per heavy atom. The van der Waals surface area contributed by atoms with Gasteiger partial charge in [-0.3, -0.25) is 4.79 Å². The number of aromatic nitrogens is 2. The van der Waals surface area contributed by atoms with Gasteiger partial charge in [-0.15, -0.1) is 0 Å². The van der Waals surface area contributed by atoms with Gasteiger partial charge in [0, 0.05) is 37.6 Å². The highest BCUT2D eigenvalue weighted by molar-refractivity contribution is 5.79. The molecule has 0 radical (unpaired) electrons. The van der Waals surface area contributed by atoms with Crippen molar-refractivity contribution in [2.75, 3.05) is 24.5 Å². The minimum Gasteiger partial charge on any atom is -0.355 e. The molecule has 4 rings (SSSR count). The summed E-state index contributed by atoms with van der Waals surface area (Å²) in [5.74, 6) is 0.906. The van der Waals surface area contributed by atoms with Gasteiger partial charge >= 0.3 is 0 Å². The lowest BCUT2D eigenvalue weighted by Gasteiger charge is -2.32. The maximum Gasteiger partial charge on any atom is 0.225 e. The SMILES string of the molecule is O=C(NCCC1=CCCCC1)[C@H]1CCCN(c2ncc(-c3ccccc3)cn2)C1. The fourth-order valence-electron chi connectivity index (χ4n) is 4.26. The number of hydrogen-bond acceptors (Lipinski definition) is 4. The molecule has 1 saturated heterocycles. The molecule has 2 aromatic rings. The smallest absolute Gasteiger partial charge is 0.225 e. The first-order valence-corrected chi connectivity index (χ1v) is 10.9. The summed E-state index contributed by atoms with van der Waals surface area (Å²) in [6.45, 7) is 2.35. The van der Waals surface area contributed by atoms with Crippen molar-refractivity contribution in [2.24, 2.45) is 5.92 Å². The van der Waals surface area contributed by atoms with Gasteiger partial charge in [0.15, 0.2) is 0 Å². The molecule has 1 aromatic carbocycles. The number of benzene rings is 1. The molecule has 1 amide bonds. The first-order valence-electron chi connectivity index (χ1n) is 10.9. The van der Waals surface area contributed by atoms with Gasteiger partial charge in [0.1, 0.15) is 0 Å². The van der Waals surface area contributed by atoms with E-state index in [2.05, 4.69) is 38.4 Å². The standard InChI is InChI=1S/C24H30N4O/c29-23(25-14-13-19-8-3-1-4-9-19)21-12-7-15-28(18-21)24-26-16-22(17-27-24)20-10-5-2-6-11-20/h2,5-6,8,10-11,16-17,21H,1,3-4,7,9,12-15,18H2,(H,25,29)/t21-/m0/s1. The van der Waals surface area contributed by atoms with E-state index in [1.807, 2.05) is 30.6 Å². The lowest BCUT2D eigenvalue weighted by Crippen LogP contribution is -2.44. The summed E-state index contributed by atoms with van der Waals surface area (Å²) in [5.41, 5.74) is 3.63. The molecule has 1 aliphatic heterocycles. The maximum atomic E-state index is 12.7. The third-order valence-corrected chi connectivity index (χ3v) is 5.95. The summed E-state index contributed by atoms with van der Waals surface area (Å²) >= 11 is 0. The molecule has 1 atom stereocenters. The highest BCUT2D eigenvalue weighted by Crippen LogP contribution is 2.23. The zero-order valence-corrected chi connectivity index (χ0v) is 17.0. The molecule has 152 valence electrons. The molecular formula is C24H30N4O. The number of nitrogens with zero attached hydrogens (tertiary/aromatic N) is 3. The number of anilines is 1. The van der Waals surface area contributed by atoms with Crippen LogP contribution in [0.15, 0.2) is 54.4 Å². The Hall–Kier alpha value is -2.69. The van der Waals surface area contributed by atoms with Crippen molar-refractivity contribution in [1.29, 1.82) is 0 Å². The van der Waals surface area contributed by atoms with Crippen LogP contribution in [-0.4, -0.2) is 35.5 Å². The Balaban J connectivity index is 1.30. The molecule has 29 heavy (non-hydrogen) atoms. The average molecular weight is 391 g/mol. The second kappa shape index (κ2) is 9.68. The van der Waals surface area contributed by atoms with Gasteiger partial charge in [0.2, 0.25) is 11.9 Å². The first kappa shape index (κ1) is 19.6. The zero-order chi connectivity index (χ0) is 19.9. The number of amides is 1. The Labute approximate surface area is 173 Å². The number of allylic oxidation sites excluding steroid dienone is 1. The molecule has 1 N–H and O–H groups in total. The van der Waals surface area contributed by atoms with Crippen molar-refractivity contribution in [2.45, 2.75) is 44.9 Å². The largest absolute Gasteiger partial charge is 0.355 e. The second-order valence-corrected chi connectivity index (χ2v) is 8.07. The fraction of sp³-hybridized carbons (Fsp3) is 0.458. The summed E-state index contributed by atoms with van der Waals surface area (Å²) in [5, 5.41) is 3.16. The summed E-state index contributed by atoms with van der Waals surface area (Å²) in [7, 11) is 0. The highest BCUT2D eigenvalue weighted by Gasteiger charge is 2.27. The Morgan fingerprint density at radius 3 is 2.66 bits per heavy atom. The fourth-order valence-corrected chi connectivity index (χ4v) is 4.26. The van der Waals surface area contributed by atoms with Crippen LogP contribution in [0.25, 0.3) is 11.1 Å². The minimum atomic E-state index is 0.0153. The highest BCUT2D eigenvalue weighted by atomic mass is 16.1. The van der Waals surface area contributed by atoms with E-state index in [0.717, 1.165) is 49.4 Å². The van der Waals surface area contributed by atoms with Crippen LogP contribution in [0.5, 0.6) is 0 Å². The van der Waals surface area contributed by atoms with Crippen molar-refractivity contribution in [3.63, 3.8) is 0 Å². The number of carbonyl (C=O) groups excluding carboxylic acids is 1. The van der Waals surface area contributed by atoms with Crippen LogP contribution in [0.3, 0.4) is 0 Å². The third kappa shape index (κ3) is 5.22. The molecule has 0 saturated carbocycles. The van der Waals surface area contributed by atoms with E-state index in [4.69, 9.17) is 0 Å². The normalized spacial score (nSPS) is 19.5. The number of rotatable bonds is 6. The predicted octanol–water partition coefficient (Wildman–Crippen LogP) is 4.37. The Bertz CT molecular complexity index is 832. The van der Waals surface area contributed by atoms with Crippen molar-refractivity contribution < 1.29 is 4.79 Å². The lowest BCUT2D eigenvalue weighted by atomic mass is 9.96. The van der Waals surface area contributed by atoms with E-state index < -0.39 is 0 Å². The summed E-state index contributed by atoms with van der Waals surface area (Å²) in [4.78, 5) is 23.9. The molecule has 1 aliphatic carbocycles. The molecule has 5 heteroatoms. The van der Waals surface area contributed by atoms with E-state index in [9.17, 15) is 4.79 Å². The molecule has 1 aromatic heterocycles. The molecule has 0 spiro atoms. The van der Waals surface area contributed by atoms with E-state index in [0.29, 0.717) is 6.54 Å². The summed E-state index contributed by atoms with van der Waals surface area (Å²) < 4.78 is 0. The van der Waals surface area contributed by atoms with Gasteiger partial charge in [-0.25, -0.2) is 9.97 Å². The van der Waals surface area contributed by atoms with Crippen LogP contribution in [0, 0.1) is 5.92 Å². The van der Waals surface area contributed by atoms with E-state index in [-0.39, 0.29) is 11.8 Å². The van der Waals surface area contributed by atoms with Gasteiger partial charge < -0.3 is 10.2 Å². The average Bonchev–Trinajstić information content (AvgIpc) is 2.80. The molecule has 5 nitrogen and oxygen atoms in total. The summed E-state index contributed by atoms with van der Waals surface area (Å²) in [6.07, 6.45) is 14.0. The Kier molecular flexibility index (Phi) is 6.55. The molecular weight excluding hydrogens is 360 g/mol. The van der Waals surface area contributed by atoms with Crippen molar-refractivity contribution in [3.8, 4) is 11.1 Å². The van der Waals surface area contributed by atoms with Crippen molar-refractivity contribution in [3.05, 3.63) is 54.4 Å². The van der Waals surface area contributed by atoms with Crippen LogP contribution >= 0.6 is 0 Å². The topological polar surface area (TPSA) is 58.1 Å². The number of hydrogen-bond donors (Lipinski definition) is 1. The number of carbonyl (C=O) groups is 1. The first-order chi connectivity index (χ1) is 14.3. The van der Waals surface area contributed by atoms with E-state index >= 15 is 0 Å². The van der Waals surface area contributed by atoms with Crippen molar-refractivity contribution >= 4 is 11.9 Å². The van der Waals surface area contributed by atoms with Crippen LogP contribution in [0.2, 0.25) is 0 Å². The number of nitrogens with one attached hydrogen (secondary N) is 1. The predicted molar refractivity (Wildman–Crippen MR) is 117 cm³/mol. The van der Waals surface area contributed by atoms with Gasteiger partial charge in [-0.05, 0) is 50.5 Å². The molecule has 1 fully saturated rings. The molecule has 0 unspecified atom stereocenters. The van der Waals surface area contributed by atoms with Gasteiger partial charge in [0.25, 0.3) is 0 Å². The van der Waals surface area contributed by atoms with Crippen LogP contribution in [-0.2, 0) is 4.79 Å². The van der Waals surface area contributed by atoms with Gasteiger partial charge in [-0.2, -0.15) is 0 Å². The van der Waals surface area contributed by atoms with E-state index in [1.165, 1.54) is 31.3 Å². The summed E-state index contributed by atoms with van der Waals surface area (Å²) in [6, 6.07) is 10.2. The molecule has 2 aliphatic rings. The second-order valence-electron chi connectivity index (χ2n) is 8.07. The number of piperidine rings is 1. The third-order valence-electron chi connectivity index (χ3n) is 5.95. The van der Waals surface area contributed by atoms with Crippen molar-refractivity contribution in [1.82, 2.24) is 15.3 Å². The van der Waals surface area contributed by atoms with Gasteiger partial charge in [-0.1, -0.05) is 42.0 Å². The maximum absolute atomic E-state index is 12.7. The Morgan fingerprint density at radius 2 is 1.90 bits per heavy atom. The molecule has 2 heterocycles.